The van der Waals surface area contributed by atoms with E-state index in [1.54, 1.807) is 52.1 Å². The van der Waals surface area contributed by atoms with Gasteiger partial charge in [-0.15, -0.1) is 0 Å². The molecule has 0 saturated heterocycles. The third-order valence-electron chi connectivity index (χ3n) is 2.95. The second-order valence-electron chi connectivity index (χ2n) is 6.49. The fourth-order valence-corrected chi connectivity index (χ4v) is 1.94. The molecule has 8 heteroatoms. The first-order chi connectivity index (χ1) is 11.6. The predicted molar refractivity (Wildman–Crippen MR) is 92.8 cm³/mol. The van der Waals surface area contributed by atoms with E-state index in [1.807, 2.05) is 0 Å². The van der Waals surface area contributed by atoms with Gasteiger partial charge >= 0.3 is 6.09 Å². The van der Waals surface area contributed by atoms with E-state index in [0.29, 0.717) is 12.3 Å². The van der Waals surface area contributed by atoms with E-state index in [2.05, 4.69) is 10.6 Å². The van der Waals surface area contributed by atoms with Gasteiger partial charge in [-0.25, -0.2) is 4.79 Å². The smallest absolute Gasteiger partial charge is 0.408 e. The highest BCUT2D eigenvalue weighted by Crippen LogP contribution is 2.12. The average Bonchev–Trinajstić information content (AvgIpc) is 2.46. The van der Waals surface area contributed by atoms with Crippen LogP contribution in [0.2, 0.25) is 0 Å². The highest BCUT2D eigenvalue weighted by molar-refractivity contribution is 5.99. The zero-order valence-electron chi connectivity index (χ0n) is 14.9. The van der Waals surface area contributed by atoms with Crippen molar-refractivity contribution in [3.8, 4) is 0 Å². The van der Waals surface area contributed by atoms with Crippen LogP contribution in [0.1, 0.15) is 32.8 Å². The Kier molecular flexibility index (Phi) is 7.38. The maximum Gasteiger partial charge on any atom is 0.408 e. The van der Waals surface area contributed by atoms with Crippen LogP contribution in [-0.2, 0) is 25.7 Å². The molecule has 8 nitrogen and oxygen atoms in total. The maximum absolute atomic E-state index is 12.3. The van der Waals surface area contributed by atoms with Gasteiger partial charge in [-0.2, -0.15) is 0 Å². The molecule has 1 aromatic carbocycles. The number of nitrogens with one attached hydrogen (secondary N) is 2. The summed E-state index contributed by atoms with van der Waals surface area (Å²) < 4.78 is 10.1. The first-order valence-electron chi connectivity index (χ1n) is 7.77. The van der Waals surface area contributed by atoms with Crippen LogP contribution in [0.3, 0.4) is 0 Å². The molecule has 0 aromatic heterocycles. The zero-order valence-corrected chi connectivity index (χ0v) is 14.9. The van der Waals surface area contributed by atoms with E-state index in [9.17, 15) is 14.4 Å². The van der Waals surface area contributed by atoms with Crippen LogP contribution in [0.5, 0.6) is 0 Å². The van der Waals surface area contributed by atoms with E-state index in [4.69, 9.17) is 15.2 Å². The fourth-order valence-electron chi connectivity index (χ4n) is 1.94. The van der Waals surface area contributed by atoms with Gasteiger partial charge in [0.05, 0.1) is 13.0 Å². The van der Waals surface area contributed by atoms with Crippen LogP contribution in [0.15, 0.2) is 24.3 Å². The SMILES string of the molecule is COCc1ccc(NC(=O)C(CC(N)=O)NC(=O)OC(C)(C)C)cc1. The summed E-state index contributed by atoms with van der Waals surface area (Å²) in [6.07, 6.45) is -1.14. The Morgan fingerprint density at radius 2 is 1.76 bits per heavy atom. The van der Waals surface area contributed by atoms with Gasteiger partial charge in [-0.1, -0.05) is 12.1 Å². The summed E-state index contributed by atoms with van der Waals surface area (Å²) >= 11 is 0. The molecule has 0 saturated carbocycles. The van der Waals surface area contributed by atoms with Crippen LogP contribution in [0, 0.1) is 0 Å². The quantitative estimate of drug-likeness (QED) is 0.688. The largest absolute Gasteiger partial charge is 0.444 e. The van der Waals surface area contributed by atoms with Crippen molar-refractivity contribution in [1.29, 1.82) is 0 Å². The standard InChI is InChI=1S/C17H25N3O5/c1-17(2,3)25-16(23)20-13(9-14(18)21)15(22)19-12-7-5-11(6-8-12)10-24-4/h5-8,13H,9-10H2,1-4H3,(H2,18,21)(H,19,22)(H,20,23). The lowest BCUT2D eigenvalue weighted by Crippen LogP contribution is -2.47. The Bertz CT molecular complexity index is 608. The van der Waals surface area contributed by atoms with Crippen molar-refractivity contribution in [3.63, 3.8) is 0 Å². The number of hydrogen-bond acceptors (Lipinski definition) is 5. The number of primary amides is 1. The molecule has 1 unspecified atom stereocenters. The van der Waals surface area contributed by atoms with Gasteiger partial charge in [-0.3, -0.25) is 9.59 Å². The number of rotatable bonds is 7. The Balaban J connectivity index is 2.75. The first kappa shape index (κ1) is 20.4. The van der Waals surface area contributed by atoms with Gasteiger partial charge in [0.2, 0.25) is 11.8 Å². The summed E-state index contributed by atoms with van der Waals surface area (Å²) in [5, 5.41) is 4.99. The Morgan fingerprint density at radius 3 is 2.24 bits per heavy atom. The molecular formula is C17H25N3O5. The summed E-state index contributed by atoms with van der Waals surface area (Å²) in [7, 11) is 1.59. The number of hydrogen-bond donors (Lipinski definition) is 3. The van der Waals surface area contributed by atoms with Gasteiger partial charge in [0.25, 0.3) is 0 Å². The van der Waals surface area contributed by atoms with E-state index >= 15 is 0 Å². The molecule has 138 valence electrons. The zero-order chi connectivity index (χ0) is 19.0. The minimum atomic E-state index is -1.13. The molecule has 3 amide bonds. The highest BCUT2D eigenvalue weighted by Gasteiger charge is 2.26. The lowest BCUT2D eigenvalue weighted by Gasteiger charge is -2.22. The molecule has 0 radical (unpaired) electrons. The third-order valence-corrected chi connectivity index (χ3v) is 2.95. The number of methoxy groups -OCH3 is 1. The lowest BCUT2D eigenvalue weighted by atomic mass is 10.1. The van der Waals surface area contributed by atoms with Gasteiger partial charge < -0.3 is 25.8 Å². The maximum atomic E-state index is 12.3. The minimum Gasteiger partial charge on any atom is -0.444 e. The van der Waals surface area contributed by atoms with Crippen molar-refractivity contribution in [3.05, 3.63) is 29.8 Å². The molecule has 0 aliphatic rings. The molecule has 1 atom stereocenters. The summed E-state index contributed by atoms with van der Waals surface area (Å²) in [4.78, 5) is 35.4. The van der Waals surface area contributed by atoms with Gasteiger partial charge in [0.15, 0.2) is 0 Å². The van der Waals surface area contributed by atoms with Gasteiger partial charge in [0.1, 0.15) is 11.6 Å². The summed E-state index contributed by atoms with van der Waals surface area (Å²) in [6.45, 7) is 5.53. The van der Waals surface area contributed by atoms with Crippen molar-refractivity contribution < 1.29 is 23.9 Å². The average molecular weight is 351 g/mol. The number of anilines is 1. The monoisotopic (exact) mass is 351 g/mol. The molecule has 1 aromatic rings. The number of carbonyl (C=O) groups excluding carboxylic acids is 3. The third kappa shape index (κ3) is 8.16. The van der Waals surface area contributed by atoms with E-state index in [0.717, 1.165) is 5.56 Å². The van der Waals surface area contributed by atoms with Crippen LogP contribution < -0.4 is 16.4 Å². The molecule has 0 aliphatic heterocycles. The molecule has 4 N–H and O–H groups in total. The molecule has 25 heavy (non-hydrogen) atoms. The topological polar surface area (TPSA) is 120 Å². The van der Waals surface area contributed by atoms with Gasteiger partial charge in [-0.05, 0) is 38.5 Å². The van der Waals surface area contributed by atoms with Crippen molar-refractivity contribution in [2.75, 3.05) is 12.4 Å². The number of nitrogens with two attached hydrogens (primary N) is 1. The van der Waals surface area contributed by atoms with Crippen LogP contribution >= 0.6 is 0 Å². The van der Waals surface area contributed by atoms with Crippen molar-refractivity contribution in [1.82, 2.24) is 5.32 Å². The minimum absolute atomic E-state index is 0.340. The predicted octanol–water partition coefficient (Wildman–Crippen LogP) is 1.54. The second-order valence-corrected chi connectivity index (χ2v) is 6.49. The Hall–Kier alpha value is -2.61. The van der Waals surface area contributed by atoms with Crippen molar-refractivity contribution in [2.24, 2.45) is 5.73 Å². The molecule has 0 fully saturated rings. The van der Waals surface area contributed by atoms with Crippen LogP contribution in [0.25, 0.3) is 0 Å². The normalized spacial score (nSPS) is 12.2. The number of ether oxygens (including phenoxy) is 2. The molecular weight excluding hydrogens is 326 g/mol. The van der Waals surface area contributed by atoms with Crippen LogP contribution in [0.4, 0.5) is 10.5 Å². The number of benzene rings is 1. The molecule has 0 spiro atoms. The summed E-state index contributed by atoms with van der Waals surface area (Å²) in [5.41, 5.74) is 5.89. The Morgan fingerprint density at radius 1 is 1.16 bits per heavy atom. The first-order valence-corrected chi connectivity index (χ1v) is 7.77. The van der Waals surface area contributed by atoms with Crippen molar-refractivity contribution >= 4 is 23.6 Å². The number of alkyl carbamates (subject to hydrolysis) is 1. The Labute approximate surface area is 147 Å². The fraction of sp³-hybridized carbons (Fsp3) is 0.471. The van der Waals surface area contributed by atoms with E-state index in [-0.39, 0.29) is 6.42 Å². The van der Waals surface area contributed by atoms with Crippen molar-refractivity contribution in [2.45, 2.75) is 45.4 Å². The van der Waals surface area contributed by atoms with Crippen LogP contribution in [-0.4, -0.2) is 36.7 Å². The molecule has 0 heterocycles. The second kappa shape index (κ2) is 9.03. The molecule has 1 rings (SSSR count). The molecule has 0 bridgehead atoms. The lowest BCUT2D eigenvalue weighted by molar-refractivity contribution is -0.124. The molecule has 0 aliphatic carbocycles. The van der Waals surface area contributed by atoms with E-state index in [1.165, 1.54) is 0 Å². The highest BCUT2D eigenvalue weighted by atomic mass is 16.6. The number of carbonyl (C=O) groups is 3. The summed E-state index contributed by atoms with van der Waals surface area (Å²) in [5.74, 6) is -1.28. The van der Waals surface area contributed by atoms with Gasteiger partial charge in [0, 0.05) is 12.8 Å². The number of amides is 3. The summed E-state index contributed by atoms with van der Waals surface area (Å²) in [6, 6.07) is 5.85. The van der Waals surface area contributed by atoms with E-state index < -0.39 is 29.6 Å².